The van der Waals surface area contributed by atoms with E-state index >= 15 is 0 Å². The van der Waals surface area contributed by atoms with Crippen molar-refractivity contribution >= 4 is 12.0 Å². The van der Waals surface area contributed by atoms with Gasteiger partial charge in [0, 0.05) is 6.08 Å². The SMILES string of the molecule is COc1ccc(/C=C/C(=O)NC(C)c2ccc(-n3cncn3)cc2)cc1OC. The highest BCUT2D eigenvalue weighted by atomic mass is 16.5. The molecular weight excluding hydrogens is 356 g/mol. The molecule has 7 heteroatoms. The Kier molecular flexibility index (Phi) is 6.06. The first-order valence-electron chi connectivity index (χ1n) is 8.76. The van der Waals surface area contributed by atoms with Crippen LogP contribution in [0.2, 0.25) is 0 Å². The molecule has 0 aliphatic rings. The van der Waals surface area contributed by atoms with E-state index < -0.39 is 0 Å². The predicted octanol–water partition coefficient (Wildman–Crippen LogP) is 3.18. The minimum atomic E-state index is -0.178. The third-order valence-corrected chi connectivity index (χ3v) is 4.27. The number of ether oxygens (including phenoxy) is 2. The van der Waals surface area contributed by atoms with Gasteiger partial charge >= 0.3 is 0 Å². The summed E-state index contributed by atoms with van der Waals surface area (Å²) in [5.74, 6) is 1.08. The van der Waals surface area contributed by atoms with E-state index in [1.54, 1.807) is 37.4 Å². The van der Waals surface area contributed by atoms with Crippen molar-refractivity contribution in [2.24, 2.45) is 0 Å². The summed E-state index contributed by atoms with van der Waals surface area (Å²) < 4.78 is 12.2. The molecule has 0 saturated heterocycles. The maximum Gasteiger partial charge on any atom is 0.244 e. The largest absolute Gasteiger partial charge is 0.493 e. The summed E-state index contributed by atoms with van der Waals surface area (Å²) in [6.45, 7) is 1.94. The molecular formula is C21H22N4O3. The zero-order chi connectivity index (χ0) is 19.9. The van der Waals surface area contributed by atoms with Gasteiger partial charge in [0.15, 0.2) is 11.5 Å². The molecule has 3 aromatic rings. The second-order valence-corrected chi connectivity index (χ2v) is 6.11. The molecule has 0 bridgehead atoms. The van der Waals surface area contributed by atoms with Crippen molar-refractivity contribution in [2.75, 3.05) is 14.2 Å². The molecule has 0 aliphatic heterocycles. The van der Waals surface area contributed by atoms with Crippen molar-refractivity contribution in [1.82, 2.24) is 20.1 Å². The van der Waals surface area contributed by atoms with Crippen LogP contribution in [0.3, 0.4) is 0 Å². The van der Waals surface area contributed by atoms with Gasteiger partial charge < -0.3 is 14.8 Å². The molecule has 28 heavy (non-hydrogen) atoms. The van der Waals surface area contributed by atoms with Crippen molar-refractivity contribution in [3.05, 3.63) is 72.3 Å². The standard InChI is InChI=1S/C21H22N4O3/c1-15(17-6-8-18(9-7-17)25-14-22-13-23-25)24-21(26)11-5-16-4-10-19(27-2)20(12-16)28-3/h4-15H,1-3H3,(H,24,26)/b11-5+. The minimum absolute atomic E-state index is 0.132. The van der Waals surface area contributed by atoms with Gasteiger partial charge in [0.25, 0.3) is 0 Å². The van der Waals surface area contributed by atoms with Crippen LogP contribution in [0.4, 0.5) is 0 Å². The molecule has 2 aromatic carbocycles. The number of hydrogen-bond acceptors (Lipinski definition) is 5. The maximum atomic E-state index is 12.3. The van der Waals surface area contributed by atoms with Gasteiger partial charge in [-0.05, 0) is 48.4 Å². The molecule has 3 rings (SSSR count). The van der Waals surface area contributed by atoms with Crippen molar-refractivity contribution < 1.29 is 14.3 Å². The molecule has 7 nitrogen and oxygen atoms in total. The van der Waals surface area contributed by atoms with E-state index in [0.29, 0.717) is 11.5 Å². The number of benzene rings is 2. The lowest BCUT2D eigenvalue weighted by molar-refractivity contribution is -0.117. The summed E-state index contributed by atoms with van der Waals surface area (Å²) >= 11 is 0. The Balaban J connectivity index is 1.62. The molecule has 1 unspecified atom stereocenters. The van der Waals surface area contributed by atoms with Crippen LogP contribution < -0.4 is 14.8 Å². The van der Waals surface area contributed by atoms with Crippen molar-refractivity contribution in [2.45, 2.75) is 13.0 Å². The van der Waals surface area contributed by atoms with Crippen LogP contribution in [0.1, 0.15) is 24.1 Å². The third-order valence-electron chi connectivity index (χ3n) is 4.27. The fourth-order valence-corrected chi connectivity index (χ4v) is 2.73. The number of amides is 1. The molecule has 1 amide bonds. The van der Waals surface area contributed by atoms with Gasteiger partial charge in [-0.15, -0.1) is 0 Å². The van der Waals surface area contributed by atoms with Crippen LogP contribution in [0.15, 0.2) is 61.2 Å². The lowest BCUT2D eigenvalue weighted by Gasteiger charge is -2.13. The van der Waals surface area contributed by atoms with Crippen LogP contribution in [0.5, 0.6) is 11.5 Å². The lowest BCUT2D eigenvalue weighted by Crippen LogP contribution is -2.24. The van der Waals surface area contributed by atoms with Crippen LogP contribution in [0, 0.1) is 0 Å². The third kappa shape index (κ3) is 4.56. The summed E-state index contributed by atoms with van der Waals surface area (Å²) in [6.07, 6.45) is 6.36. The van der Waals surface area contributed by atoms with Gasteiger partial charge in [-0.25, -0.2) is 9.67 Å². The molecule has 1 aromatic heterocycles. The van der Waals surface area contributed by atoms with E-state index in [2.05, 4.69) is 15.4 Å². The normalized spacial score (nSPS) is 12.0. The number of hydrogen-bond donors (Lipinski definition) is 1. The Morgan fingerprint density at radius 1 is 1.11 bits per heavy atom. The first-order chi connectivity index (χ1) is 13.6. The monoisotopic (exact) mass is 378 g/mol. The highest BCUT2D eigenvalue weighted by Gasteiger charge is 2.08. The number of carbonyl (C=O) groups is 1. The Hall–Kier alpha value is -3.61. The number of nitrogens with zero attached hydrogens (tertiary/aromatic N) is 3. The average molecular weight is 378 g/mol. The van der Waals surface area contributed by atoms with E-state index in [-0.39, 0.29) is 11.9 Å². The molecule has 0 fully saturated rings. The number of aromatic nitrogens is 3. The van der Waals surface area contributed by atoms with Gasteiger partial charge in [-0.1, -0.05) is 18.2 Å². The summed E-state index contributed by atoms with van der Waals surface area (Å²) in [5.41, 5.74) is 2.75. The highest BCUT2D eigenvalue weighted by molar-refractivity contribution is 5.92. The molecule has 1 atom stereocenters. The second-order valence-electron chi connectivity index (χ2n) is 6.11. The molecule has 1 heterocycles. The first kappa shape index (κ1) is 19.2. The first-order valence-corrected chi connectivity index (χ1v) is 8.76. The Labute approximate surface area is 163 Å². The molecule has 144 valence electrons. The van der Waals surface area contributed by atoms with Gasteiger partial charge in [-0.2, -0.15) is 5.10 Å². The van der Waals surface area contributed by atoms with E-state index in [1.165, 1.54) is 12.4 Å². The van der Waals surface area contributed by atoms with E-state index in [9.17, 15) is 4.79 Å². The summed E-state index contributed by atoms with van der Waals surface area (Å²) in [7, 11) is 3.16. The van der Waals surface area contributed by atoms with Crippen molar-refractivity contribution in [3.63, 3.8) is 0 Å². The fourth-order valence-electron chi connectivity index (χ4n) is 2.73. The number of carbonyl (C=O) groups excluding carboxylic acids is 1. The van der Waals surface area contributed by atoms with Crippen LogP contribution >= 0.6 is 0 Å². The Morgan fingerprint density at radius 3 is 2.50 bits per heavy atom. The van der Waals surface area contributed by atoms with Crippen molar-refractivity contribution in [3.8, 4) is 17.2 Å². The Bertz CT molecular complexity index is 950. The zero-order valence-electron chi connectivity index (χ0n) is 16.0. The van der Waals surface area contributed by atoms with Gasteiger partial charge in [0.2, 0.25) is 5.91 Å². The summed E-state index contributed by atoms with van der Waals surface area (Å²) in [4.78, 5) is 16.2. The average Bonchev–Trinajstić information content (AvgIpc) is 3.27. The molecule has 0 spiro atoms. The topological polar surface area (TPSA) is 78.3 Å². The van der Waals surface area contributed by atoms with Gasteiger partial charge in [-0.3, -0.25) is 4.79 Å². The molecule has 1 N–H and O–H groups in total. The van der Waals surface area contributed by atoms with E-state index in [1.807, 2.05) is 43.3 Å². The molecule has 0 saturated carbocycles. The van der Waals surface area contributed by atoms with Gasteiger partial charge in [0.1, 0.15) is 12.7 Å². The summed E-state index contributed by atoms with van der Waals surface area (Å²) in [6, 6.07) is 13.1. The number of rotatable bonds is 7. The minimum Gasteiger partial charge on any atom is -0.493 e. The molecule has 0 radical (unpaired) electrons. The van der Waals surface area contributed by atoms with Crippen LogP contribution in [-0.2, 0) is 4.79 Å². The Morgan fingerprint density at radius 2 is 1.86 bits per heavy atom. The quantitative estimate of drug-likeness (QED) is 0.639. The highest BCUT2D eigenvalue weighted by Crippen LogP contribution is 2.28. The maximum absolute atomic E-state index is 12.3. The van der Waals surface area contributed by atoms with E-state index in [0.717, 1.165) is 16.8 Å². The number of methoxy groups -OCH3 is 2. The molecule has 0 aliphatic carbocycles. The van der Waals surface area contributed by atoms with Crippen molar-refractivity contribution in [1.29, 1.82) is 0 Å². The fraction of sp³-hybridized carbons (Fsp3) is 0.190. The number of nitrogens with one attached hydrogen (secondary N) is 1. The smallest absolute Gasteiger partial charge is 0.244 e. The van der Waals surface area contributed by atoms with Gasteiger partial charge in [0.05, 0.1) is 25.9 Å². The second kappa shape index (κ2) is 8.85. The van der Waals surface area contributed by atoms with Crippen LogP contribution in [0.25, 0.3) is 11.8 Å². The van der Waals surface area contributed by atoms with E-state index in [4.69, 9.17) is 9.47 Å². The zero-order valence-corrected chi connectivity index (χ0v) is 16.0. The predicted molar refractivity (Wildman–Crippen MR) is 106 cm³/mol. The lowest BCUT2D eigenvalue weighted by atomic mass is 10.1. The van der Waals surface area contributed by atoms with Crippen LogP contribution in [-0.4, -0.2) is 34.9 Å². The summed E-state index contributed by atoms with van der Waals surface area (Å²) in [5, 5.41) is 7.05.